The third kappa shape index (κ3) is 4.72. The lowest BCUT2D eigenvalue weighted by molar-refractivity contribution is -0.116. The fraction of sp³-hybridized carbons (Fsp3) is 0.545. The SMILES string of the molecule is CC(C)(C)Cc1cc(NCC(N)=O)ncn1. The van der Waals surface area contributed by atoms with Crippen molar-refractivity contribution in [2.75, 3.05) is 11.9 Å². The van der Waals surface area contributed by atoms with Crippen molar-refractivity contribution >= 4 is 11.7 Å². The van der Waals surface area contributed by atoms with Crippen molar-refractivity contribution in [1.82, 2.24) is 9.97 Å². The third-order valence-electron chi connectivity index (χ3n) is 1.88. The first-order chi connectivity index (χ1) is 7.37. The summed E-state index contributed by atoms with van der Waals surface area (Å²) in [4.78, 5) is 18.8. The molecule has 0 bridgehead atoms. The van der Waals surface area contributed by atoms with Crippen molar-refractivity contribution in [3.8, 4) is 0 Å². The molecule has 1 amide bonds. The minimum atomic E-state index is -0.406. The molecular formula is C11H18N4O. The first kappa shape index (κ1) is 12.4. The molecule has 1 rings (SSSR count). The lowest BCUT2D eigenvalue weighted by Gasteiger charge is -2.17. The summed E-state index contributed by atoms with van der Waals surface area (Å²) in [5.41, 5.74) is 6.16. The topological polar surface area (TPSA) is 80.9 Å². The van der Waals surface area contributed by atoms with Gasteiger partial charge in [0.2, 0.25) is 5.91 Å². The van der Waals surface area contributed by atoms with Gasteiger partial charge in [-0.25, -0.2) is 9.97 Å². The van der Waals surface area contributed by atoms with E-state index in [1.165, 1.54) is 6.33 Å². The van der Waals surface area contributed by atoms with Crippen molar-refractivity contribution in [3.63, 3.8) is 0 Å². The summed E-state index contributed by atoms with van der Waals surface area (Å²) in [6, 6.07) is 1.84. The van der Waals surface area contributed by atoms with Gasteiger partial charge in [-0.15, -0.1) is 0 Å². The van der Waals surface area contributed by atoms with Crippen LogP contribution in [0.5, 0.6) is 0 Å². The lowest BCUT2D eigenvalue weighted by atomic mass is 9.90. The Balaban J connectivity index is 2.67. The van der Waals surface area contributed by atoms with Crippen LogP contribution in [0.1, 0.15) is 26.5 Å². The molecule has 1 aromatic rings. The van der Waals surface area contributed by atoms with Gasteiger partial charge < -0.3 is 11.1 Å². The molecule has 3 N–H and O–H groups in total. The fourth-order valence-corrected chi connectivity index (χ4v) is 1.31. The lowest BCUT2D eigenvalue weighted by Crippen LogP contribution is -2.22. The van der Waals surface area contributed by atoms with E-state index in [0.717, 1.165) is 12.1 Å². The van der Waals surface area contributed by atoms with Crippen molar-refractivity contribution in [2.45, 2.75) is 27.2 Å². The molecular weight excluding hydrogens is 204 g/mol. The molecule has 0 radical (unpaired) electrons. The summed E-state index contributed by atoms with van der Waals surface area (Å²) in [5, 5.41) is 2.84. The molecule has 0 atom stereocenters. The number of anilines is 1. The van der Waals surface area contributed by atoms with Gasteiger partial charge in [-0.3, -0.25) is 4.79 Å². The number of amides is 1. The molecule has 88 valence electrons. The van der Waals surface area contributed by atoms with Gasteiger partial charge in [-0.2, -0.15) is 0 Å². The number of primary amides is 1. The Bertz CT molecular complexity index is 370. The highest BCUT2D eigenvalue weighted by molar-refractivity contribution is 5.78. The maximum absolute atomic E-state index is 10.6. The zero-order chi connectivity index (χ0) is 12.2. The Morgan fingerprint density at radius 1 is 1.44 bits per heavy atom. The average molecular weight is 222 g/mol. The monoisotopic (exact) mass is 222 g/mol. The largest absolute Gasteiger partial charge is 0.368 e. The van der Waals surface area contributed by atoms with Gasteiger partial charge in [-0.1, -0.05) is 20.8 Å². The minimum Gasteiger partial charge on any atom is -0.368 e. The smallest absolute Gasteiger partial charge is 0.236 e. The fourth-order valence-electron chi connectivity index (χ4n) is 1.31. The predicted molar refractivity (Wildman–Crippen MR) is 62.9 cm³/mol. The van der Waals surface area contributed by atoms with Crippen molar-refractivity contribution in [2.24, 2.45) is 11.1 Å². The Labute approximate surface area is 95.5 Å². The van der Waals surface area contributed by atoms with Crippen LogP contribution in [0.25, 0.3) is 0 Å². The van der Waals surface area contributed by atoms with Gasteiger partial charge in [-0.05, 0) is 11.8 Å². The zero-order valence-electron chi connectivity index (χ0n) is 9.95. The second kappa shape index (κ2) is 4.92. The van der Waals surface area contributed by atoms with Crippen LogP contribution in [0.4, 0.5) is 5.82 Å². The van der Waals surface area contributed by atoms with Crippen molar-refractivity contribution in [3.05, 3.63) is 18.1 Å². The van der Waals surface area contributed by atoms with Crippen molar-refractivity contribution < 1.29 is 4.79 Å². The van der Waals surface area contributed by atoms with Gasteiger partial charge in [0, 0.05) is 11.8 Å². The van der Waals surface area contributed by atoms with Crippen molar-refractivity contribution in [1.29, 1.82) is 0 Å². The van der Waals surface area contributed by atoms with Gasteiger partial charge in [0.25, 0.3) is 0 Å². The molecule has 0 unspecified atom stereocenters. The summed E-state index contributed by atoms with van der Waals surface area (Å²) in [5.74, 6) is 0.226. The average Bonchev–Trinajstić information content (AvgIpc) is 2.12. The van der Waals surface area contributed by atoms with Crippen LogP contribution in [0.2, 0.25) is 0 Å². The Morgan fingerprint density at radius 3 is 2.69 bits per heavy atom. The standard InChI is InChI=1S/C11H18N4O/c1-11(2,3)5-8-4-10(15-7-14-8)13-6-9(12)16/h4,7H,5-6H2,1-3H3,(H2,12,16)(H,13,14,15). The quantitative estimate of drug-likeness (QED) is 0.795. The molecule has 0 aromatic carbocycles. The van der Waals surface area contributed by atoms with E-state index >= 15 is 0 Å². The molecule has 1 heterocycles. The van der Waals surface area contributed by atoms with Crippen LogP contribution in [-0.4, -0.2) is 22.4 Å². The second-order valence-electron chi connectivity index (χ2n) is 4.95. The van der Waals surface area contributed by atoms with E-state index in [9.17, 15) is 4.79 Å². The highest BCUT2D eigenvalue weighted by Gasteiger charge is 2.12. The molecule has 5 heteroatoms. The van der Waals surface area contributed by atoms with Crippen LogP contribution in [0.15, 0.2) is 12.4 Å². The zero-order valence-corrected chi connectivity index (χ0v) is 9.95. The Morgan fingerprint density at radius 2 is 2.12 bits per heavy atom. The summed E-state index contributed by atoms with van der Waals surface area (Å²) < 4.78 is 0. The number of carbonyl (C=O) groups excluding carboxylic acids is 1. The van der Waals surface area contributed by atoms with E-state index in [2.05, 4.69) is 36.1 Å². The minimum absolute atomic E-state index is 0.0893. The maximum Gasteiger partial charge on any atom is 0.236 e. The van der Waals surface area contributed by atoms with E-state index in [0.29, 0.717) is 5.82 Å². The summed E-state index contributed by atoms with van der Waals surface area (Å²) >= 11 is 0. The first-order valence-corrected chi connectivity index (χ1v) is 5.20. The number of nitrogens with zero attached hydrogens (tertiary/aromatic N) is 2. The number of carbonyl (C=O) groups is 1. The number of hydrogen-bond acceptors (Lipinski definition) is 4. The maximum atomic E-state index is 10.6. The Kier molecular flexibility index (Phi) is 3.82. The predicted octanol–water partition coefficient (Wildman–Crippen LogP) is 0.962. The number of hydrogen-bond donors (Lipinski definition) is 2. The number of nitrogens with two attached hydrogens (primary N) is 1. The highest BCUT2D eigenvalue weighted by atomic mass is 16.1. The molecule has 16 heavy (non-hydrogen) atoms. The van der Waals surface area contributed by atoms with Crippen LogP contribution >= 0.6 is 0 Å². The molecule has 0 saturated carbocycles. The molecule has 0 spiro atoms. The number of aromatic nitrogens is 2. The number of nitrogens with one attached hydrogen (secondary N) is 1. The first-order valence-electron chi connectivity index (χ1n) is 5.20. The Hall–Kier alpha value is -1.65. The van der Waals surface area contributed by atoms with Gasteiger partial charge in [0.1, 0.15) is 12.1 Å². The van der Waals surface area contributed by atoms with Gasteiger partial charge in [0.15, 0.2) is 0 Å². The van der Waals surface area contributed by atoms with Crippen LogP contribution in [0, 0.1) is 5.41 Å². The van der Waals surface area contributed by atoms with Crippen LogP contribution in [-0.2, 0) is 11.2 Å². The molecule has 0 saturated heterocycles. The van der Waals surface area contributed by atoms with Crippen LogP contribution in [0.3, 0.4) is 0 Å². The normalized spacial score (nSPS) is 11.2. The van der Waals surface area contributed by atoms with E-state index in [1.807, 2.05) is 6.07 Å². The number of rotatable bonds is 4. The molecule has 0 aliphatic carbocycles. The second-order valence-corrected chi connectivity index (χ2v) is 4.95. The van der Waals surface area contributed by atoms with E-state index < -0.39 is 5.91 Å². The highest BCUT2D eigenvalue weighted by Crippen LogP contribution is 2.19. The third-order valence-corrected chi connectivity index (χ3v) is 1.88. The van der Waals surface area contributed by atoms with E-state index in [4.69, 9.17) is 5.73 Å². The summed E-state index contributed by atoms with van der Waals surface area (Å²) in [6.07, 6.45) is 2.35. The van der Waals surface area contributed by atoms with Gasteiger partial charge in [0.05, 0.1) is 6.54 Å². The molecule has 5 nitrogen and oxygen atoms in total. The van der Waals surface area contributed by atoms with Crippen LogP contribution < -0.4 is 11.1 Å². The van der Waals surface area contributed by atoms with E-state index in [-0.39, 0.29) is 12.0 Å². The van der Waals surface area contributed by atoms with Gasteiger partial charge >= 0.3 is 0 Å². The molecule has 1 aromatic heterocycles. The molecule has 0 fully saturated rings. The molecule has 0 aliphatic rings. The summed E-state index contributed by atoms with van der Waals surface area (Å²) in [6.45, 7) is 6.52. The van der Waals surface area contributed by atoms with E-state index in [1.54, 1.807) is 0 Å². The summed E-state index contributed by atoms with van der Waals surface area (Å²) in [7, 11) is 0. The molecule has 0 aliphatic heterocycles.